The maximum Gasteiger partial charge on any atom is 0.323 e. The second-order valence-electron chi connectivity index (χ2n) is 7.71. The highest BCUT2D eigenvalue weighted by atomic mass is 16.4. The third-order valence-corrected chi connectivity index (χ3v) is 5.51. The van der Waals surface area contributed by atoms with E-state index in [0.717, 1.165) is 37.8 Å². The Hall–Kier alpha value is -2.48. The molecule has 1 aromatic rings. The molecule has 2 aliphatic heterocycles. The number of nitrogens with zero attached hydrogens (tertiary/aromatic N) is 3. The van der Waals surface area contributed by atoms with Crippen LogP contribution in [0, 0.1) is 12.8 Å². The number of amides is 2. The third kappa shape index (κ3) is 5.07. The lowest BCUT2D eigenvalue weighted by atomic mass is 9.94. The number of aliphatic carboxylic acids is 1. The molecule has 2 aliphatic rings. The van der Waals surface area contributed by atoms with Crippen molar-refractivity contribution in [1.29, 1.82) is 0 Å². The van der Waals surface area contributed by atoms with Crippen molar-refractivity contribution >= 4 is 23.6 Å². The van der Waals surface area contributed by atoms with Gasteiger partial charge in [-0.1, -0.05) is 6.07 Å². The van der Waals surface area contributed by atoms with Crippen LogP contribution in [-0.4, -0.2) is 69.9 Å². The van der Waals surface area contributed by atoms with Gasteiger partial charge in [-0.15, -0.1) is 0 Å². The smallest absolute Gasteiger partial charge is 0.323 e. The zero-order valence-corrected chi connectivity index (χ0v) is 16.3. The average Bonchev–Trinajstić information content (AvgIpc) is 2.85. The van der Waals surface area contributed by atoms with Crippen molar-refractivity contribution in [2.45, 2.75) is 45.1 Å². The standard InChI is InChI=1S/C20H28N4O4/c1-14-7-8-17(21-11-14)22-19(27)15-5-4-10-23(12-15)16-6-2-3-9-24(20(16)28)13-18(25)26/h7-8,11,15-16H,2-6,9-10,12-13H2,1H3,(H,25,26)(H,21,22,27). The maximum atomic E-state index is 12.9. The molecule has 2 amide bonds. The minimum Gasteiger partial charge on any atom is -0.480 e. The van der Waals surface area contributed by atoms with Crippen LogP contribution in [0.5, 0.6) is 0 Å². The van der Waals surface area contributed by atoms with E-state index in [4.69, 9.17) is 5.11 Å². The molecule has 3 heterocycles. The summed E-state index contributed by atoms with van der Waals surface area (Å²) in [6.07, 6.45) is 5.72. The van der Waals surface area contributed by atoms with Gasteiger partial charge in [-0.25, -0.2) is 4.98 Å². The van der Waals surface area contributed by atoms with Crippen molar-refractivity contribution < 1.29 is 19.5 Å². The normalized spacial score (nSPS) is 23.9. The van der Waals surface area contributed by atoms with Gasteiger partial charge in [0, 0.05) is 19.3 Å². The first-order valence-corrected chi connectivity index (χ1v) is 9.92. The number of carboxylic acid groups (broad SMARTS) is 1. The van der Waals surface area contributed by atoms with Crippen LogP contribution in [0.4, 0.5) is 5.82 Å². The average molecular weight is 388 g/mol. The molecular weight excluding hydrogens is 360 g/mol. The predicted octanol–water partition coefficient (Wildman–Crippen LogP) is 1.51. The van der Waals surface area contributed by atoms with Gasteiger partial charge in [-0.05, 0) is 57.2 Å². The Kier molecular flexibility index (Phi) is 6.61. The number of carboxylic acids is 1. The third-order valence-electron chi connectivity index (χ3n) is 5.51. The molecule has 0 aromatic carbocycles. The van der Waals surface area contributed by atoms with E-state index in [-0.39, 0.29) is 30.3 Å². The Balaban J connectivity index is 1.64. The van der Waals surface area contributed by atoms with Crippen LogP contribution in [0.2, 0.25) is 0 Å². The quantitative estimate of drug-likeness (QED) is 0.793. The van der Waals surface area contributed by atoms with Gasteiger partial charge in [0.2, 0.25) is 11.8 Å². The number of nitrogens with one attached hydrogen (secondary N) is 1. The Morgan fingerprint density at radius 2 is 2.04 bits per heavy atom. The minimum atomic E-state index is -0.990. The first-order chi connectivity index (χ1) is 13.4. The summed E-state index contributed by atoms with van der Waals surface area (Å²) in [5.41, 5.74) is 1.03. The second-order valence-corrected chi connectivity index (χ2v) is 7.71. The zero-order chi connectivity index (χ0) is 20.1. The van der Waals surface area contributed by atoms with Crippen LogP contribution in [0.25, 0.3) is 0 Å². The van der Waals surface area contributed by atoms with Gasteiger partial charge < -0.3 is 15.3 Å². The fourth-order valence-corrected chi connectivity index (χ4v) is 4.02. The lowest BCUT2D eigenvalue weighted by molar-refractivity contribution is -0.147. The van der Waals surface area contributed by atoms with Gasteiger partial charge in [0.15, 0.2) is 0 Å². The highest BCUT2D eigenvalue weighted by molar-refractivity contribution is 5.92. The van der Waals surface area contributed by atoms with E-state index < -0.39 is 5.97 Å². The van der Waals surface area contributed by atoms with Crippen LogP contribution in [-0.2, 0) is 14.4 Å². The summed E-state index contributed by atoms with van der Waals surface area (Å²) >= 11 is 0. The molecule has 0 bridgehead atoms. The lowest BCUT2D eigenvalue weighted by Gasteiger charge is -2.37. The van der Waals surface area contributed by atoms with E-state index in [1.165, 1.54) is 4.90 Å². The van der Waals surface area contributed by atoms with Crippen LogP contribution in [0.3, 0.4) is 0 Å². The number of aromatic nitrogens is 1. The first kappa shape index (κ1) is 20.3. The molecule has 1 aromatic heterocycles. The Bertz CT molecular complexity index is 721. The summed E-state index contributed by atoms with van der Waals surface area (Å²) in [4.78, 5) is 44.4. The molecular formula is C20H28N4O4. The number of pyridine rings is 1. The Morgan fingerprint density at radius 3 is 2.75 bits per heavy atom. The van der Waals surface area contributed by atoms with Crippen LogP contribution in [0.15, 0.2) is 18.3 Å². The van der Waals surface area contributed by atoms with Crippen molar-refractivity contribution in [2.75, 3.05) is 31.5 Å². The highest BCUT2D eigenvalue weighted by Crippen LogP contribution is 2.25. The summed E-state index contributed by atoms with van der Waals surface area (Å²) in [6.45, 7) is 3.43. The fourth-order valence-electron chi connectivity index (χ4n) is 4.02. The molecule has 2 saturated heterocycles. The van der Waals surface area contributed by atoms with E-state index in [9.17, 15) is 14.4 Å². The summed E-state index contributed by atoms with van der Waals surface area (Å²) < 4.78 is 0. The Morgan fingerprint density at radius 1 is 1.21 bits per heavy atom. The van der Waals surface area contributed by atoms with E-state index in [0.29, 0.717) is 25.3 Å². The summed E-state index contributed by atoms with van der Waals surface area (Å²) in [6, 6.07) is 3.35. The SMILES string of the molecule is Cc1ccc(NC(=O)C2CCCN(C3CCCCN(CC(=O)O)C3=O)C2)nc1. The number of aryl methyl sites for hydroxylation is 1. The van der Waals surface area contributed by atoms with Gasteiger partial charge in [0.1, 0.15) is 12.4 Å². The lowest BCUT2D eigenvalue weighted by Crippen LogP contribution is -2.53. The molecule has 8 heteroatoms. The highest BCUT2D eigenvalue weighted by Gasteiger charge is 2.36. The molecule has 2 atom stereocenters. The number of carbonyl (C=O) groups is 3. The number of piperidine rings is 1. The number of carbonyl (C=O) groups excluding carboxylic acids is 2. The van der Waals surface area contributed by atoms with Crippen molar-refractivity contribution in [2.24, 2.45) is 5.92 Å². The molecule has 0 saturated carbocycles. The monoisotopic (exact) mass is 388 g/mol. The number of rotatable bonds is 5. The van der Waals surface area contributed by atoms with Crippen LogP contribution < -0.4 is 5.32 Å². The topological polar surface area (TPSA) is 103 Å². The first-order valence-electron chi connectivity index (χ1n) is 9.92. The summed E-state index contributed by atoms with van der Waals surface area (Å²) in [7, 11) is 0. The largest absolute Gasteiger partial charge is 0.480 e. The van der Waals surface area contributed by atoms with Crippen molar-refractivity contribution in [3.05, 3.63) is 23.9 Å². The summed E-state index contributed by atoms with van der Waals surface area (Å²) in [5.74, 6) is -0.868. The molecule has 8 nitrogen and oxygen atoms in total. The van der Waals surface area contributed by atoms with Gasteiger partial charge in [-0.2, -0.15) is 0 Å². The Labute approximate surface area is 164 Å². The van der Waals surface area contributed by atoms with Crippen LogP contribution in [0.1, 0.15) is 37.7 Å². The van der Waals surface area contributed by atoms with E-state index in [1.54, 1.807) is 12.3 Å². The maximum absolute atomic E-state index is 12.9. The number of hydrogen-bond donors (Lipinski definition) is 2. The number of hydrogen-bond acceptors (Lipinski definition) is 5. The molecule has 3 rings (SSSR count). The van der Waals surface area contributed by atoms with Crippen molar-refractivity contribution in [1.82, 2.24) is 14.8 Å². The van der Waals surface area contributed by atoms with E-state index in [2.05, 4.69) is 15.2 Å². The molecule has 28 heavy (non-hydrogen) atoms. The molecule has 2 unspecified atom stereocenters. The number of anilines is 1. The van der Waals surface area contributed by atoms with Gasteiger partial charge in [0.25, 0.3) is 0 Å². The second kappa shape index (κ2) is 9.14. The summed E-state index contributed by atoms with van der Waals surface area (Å²) in [5, 5.41) is 11.9. The molecule has 0 radical (unpaired) electrons. The van der Waals surface area contributed by atoms with E-state index >= 15 is 0 Å². The van der Waals surface area contributed by atoms with Crippen LogP contribution >= 0.6 is 0 Å². The molecule has 0 spiro atoms. The number of likely N-dealkylation sites (tertiary alicyclic amines) is 2. The van der Waals surface area contributed by atoms with Gasteiger partial charge in [-0.3, -0.25) is 19.3 Å². The van der Waals surface area contributed by atoms with Crippen molar-refractivity contribution in [3.63, 3.8) is 0 Å². The minimum absolute atomic E-state index is 0.0792. The van der Waals surface area contributed by atoms with Gasteiger partial charge >= 0.3 is 5.97 Å². The molecule has 2 fully saturated rings. The molecule has 0 aliphatic carbocycles. The molecule has 152 valence electrons. The predicted molar refractivity (Wildman–Crippen MR) is 104 cm³/mol. The van der Waals surface area contributed by atoms with E-state index in [1.807, 2.05) is 13.0 Å². The zero-order valence-electron chi connectivity index (χ0n) is 16.3. The molecule has 2 N–H and O–H groups in total. The van der Waals surface area contributed by atoms with Crippen molar-refractivity contribution in [3.8, 4) is 0 Å². The fraction of sp³-hybridized carbons (Fsp3) is 0.600. The van der Waals surface area contributed by atoms with Gasteiger partial charge in [0.05, 0.1) is 12.0 Å².